The summed E-state index contributed by atoms with van der Waals surface area (Å²) in [7, 11) is 1.31. The fourth-order valence-corrected chi connectivity index (χ4v) is 0.981. The summed E-state index contributed by atoms with van der Waals surface area (Å²) < 4.78 is 9.47. The van der Waals surface area contributed by atoms with Gasteiger partial charge in [-0.05, 0) is 24.3 Å². The van der Waals surface area contributed by atoms with Gasteiger partial charge >= 0.3 is 11.9 Å². The summed E-state index contributed by atoms with van der Waals surface area (Å²) in [6.45, 7) is 1.71. The Morgan fingerprint density at radius 1 is 1.20 bits per heavy atom. The maximum Gasteiger partial charge on any atom is 0.337 e. The minimum Gasteiger partial charge on any atom is -0.465 e. The summed E-state index contributed by atoms with van der Waals surface area (Å²) in [5.41, 5.74) is 0.425. The Bertz CT molecular complexity index is 353. The molecule has 0 atom stereocenters. The van der Waals surface area contributed by atoms with Gasteiger partial charge in [0.25, 0.3) is 0 Å². The van der Waals surface area contributed by atoms with E-state index in [-0.39, 0.29) is 5.97 Å². The van der Waals surface area contributed by atoms with Crippen LogP contribution in [0.2, 0.25) is 0 Å². The first kappa shape index (κ1) is 11.2. The first-order valence-corrected chi connectivity index (χ1v) is 4.56. The van der Waals surface area contributed by atoms with Crippen molar-refractivity contribution in [2.75, 3.05) is 7.11 Å². The van der Waals surface area contributed by atoms with Crippen LogP contribution in [-0.2, 0) is 9.53 Å². The number of ether oxygens (including phenoxy) is 2. The number of carbonyl (C=O) groups is 2. The number of esters is 2. The van der Waals surface area contributed by atoms with Crippen molar-refractivity contribution in [2.45, 2.75) is 13.3 Å². The third kappa shape index (κ3) is 3.09. The fraction of sp³-hybridized carbons (Fsp3) is 0.273. The number of rotatable bonds is 3. The number of hydrogen-bond donors (Lipinski definition) is 0. The molecular weight excluding hydrogens is 196 g/mol. The van der Waals surface area contributed by atoms with E-state index in [0.717, 1.165) is 0 Å². The Morgan fingerprint density at radius 3 is 2.27 bits per heavy atom. The fourth-order valence-electron chi connectivity index (χ4n) is 0.981. The van der Waals surface area contributed by atoms with Gasteiger partial charge in [-0.3, -0.25) is 4.79 Å². The molecule has 15 heavy (non-hydrogen) atoms. The maximum absolute atomic E-state index is 11.1. The Kier molecular flexibility index (Phi) is 3.85. The highest BCUT2D eigenvalue weighted by atomic mass is 16.5. The molecule has 0 heterocycles. The summed E-state index contributed by atoms with van der Waals surface area (Å²) in [4.78, 5) is 22.0. The van der Waals surface area contributed by atoms with Crippen molar-refractivity contribution < 1.29 is 19.1 Å². The Hall–Kier alpha value is -1.84. The lowest BCUT2D eigenvalue weighted by Gasteiger charge is -2.03. The predicted molar refractivity (Wildman–Crippen MR) is 53.7 cm³/mol. The first-order valence-electron chi connectivity index (χ1n) is 4.56. The molecule has 4 heteroatoms. The zero-order valence-corrected chi connectivity index (χ0v) is 8.65. The molecule has 0 N–H and O–H groups in total. The summed E-state index contributed by atoms with van der Waals surface area (Å²) >= 11 is 0. The lowest BCUT2D eigenvalue weighted by molar-refractivity contribution is -0.134. The van der Waals surface area contributed by atoms with E-state index in [1.807, 2.05) is 0 Å². The minimum atomic E-state index is -0.414. The predicted octanol–water partition coefficient (Wildman–Crippen LogP) is 1.79. The number of carbonyl (C=O) groups excluding carboxylic acids is 2. The van der Waals surface area contributed by atoms with Crippen molar-refractivity contribution in [3.05, 3.63) is 29.8 Å². The van der Waals surface area contributed by atoms with Crippen molar-refractivity contribution in [1.29, 1.82) is 0 Å². The Balaban J connectivity index is 2.72. The van der Waals surface area contributed by atoms with E-state index in [1.54, 1.807) is 31.2 Å². The van der Waals surface area contributed by atoms with Crippen molar-refractivity contribution in [3.63, 3.8) is 0 Å². The molecule has 0 amide bonds. The molecule has 0 bridgehead atoms. The van der Waals surface area contributed by atoms with E-state index >= 15 is 0 Å². The van der Waals surface area contributed by atoms with Crippen LogP contribution in [0, 0.1) is 0 Å². The topological polar surface area (TPSA) is 52.6 Å². The molecule has 0 aliphatic heterocycles. The monoisotopic (exact) mass is 208 g/mol. The molecule has 1 aromatic rings. The van der Waals surface area contributed by atoms with E-state index in [1.165, 1.54) is 7.11 Å². The van der Waals surface area contributed by atoms with Gasteiger partial charge in [0.1, 0.15) is 5.75 Å². The van der Waals surface area contributed by atoms with Crippen LogP contribution < -0.4 is 4.74 Å². The third-order valence-electron chi connectivity index (χ3n) is 1.80. The lowest BCUT2D eigenvalue weighted by Crippen LogP contribution is -2.06. The molecule has 0 radical (unpaired) electrons. The average molecular weight is 208 g/mol. The maximum atomic E-state index is 11.1. The number of hydrogen-bond acceptors (Lipinski definition) is 4. The van der Waals surface area contributed by atoms with Gasteiger partial charge < -0.3 is 9.47 Å². The highest BCUT2D eigenvalue weighted by Gasteiger charge is 2.06. The Morgan fingerprint density at radius 2 is 1.80 bits per heavy atom. The Labute approximate surface area is 87.8 Å². The van der Waals surface area contributed by atoms with Crippen molar-refractivity contribution >= 4 is 11.9 Å². The van der Waals surface area contributed by atoms with Gasteiger partial charge in [0.2, 0.25) is 0 Å². The van der Waals surface area contributed by atoms with E-state index in [0.29, 0.717) is 17.7 Å². The van der Waals surface area contributed by atoms with Crippen molar-refractivity contribution in [1.82, 2.24) is 0 Å². The highest BCUT2D eigenvalue weighted by molar-refractivity contribution is 5.89. The first-order chi connectivity index (χ1) is 7.17. The molecule has 1 rings (SSSR count). The molecular formula is C11H12O4. The van der Waals surface area contributed by atoms with Gasteiger partial charge in [0.15, 0.2) is 0 Å². The quantitative estimate of drug-likeness (QED) is 0.561. The number of benzene rings is 1. The van der Waals surface area contributed by atoms with Crippen LogP contribution in [0.5, 0.6) is 5.75 Å². The van der Waals surface area contributed by atoms with E-state index in [4.69, 9.17) is 4.74 Å². The number of methoxy groups -OCH3 is 1. The highest BCUT2D eigenvalue weighted by Crippen LogP contribution is 2.13. The molecule has 4 nitrogen and oxygen atoms in total. The van der Waals surface area contributed by atoms with Crippen LogP contribution >= 0.6 is 0 Å². The average Bonchev–Trinajstić information content (AvgIpc) is 2.29. The summed E-state index contributed by atoms with van der Waals surface area (Å²) in [5, 5.41) is 0. The van der Waals surface area contributed by atoms with Crippen LogP contribution in [0.25, 0.3) is 0 Å². The molecule has 0 unspecified atom stereocenters. The molecule has 0 fully saturated rings. The second-order valence-corrected chi connectivity index (χ2v) is 2.84. The van der Waals surface area contributed by atoms with E-state index < -0.39 is 5.97 Å². The van der Waals surface area contributed by atoms with Crippen LogP contribution in [0.1, 0.15) is 23.7 Å². The molecule has 0 aliphatic carbocycles. The normalized spacial score (nSPS) is 9.47. The van der Waals surface area contributed by atoms with Crippen LogP contribution in [0.4, 0.5) is 0 Å². The molecule has 0 saturated heterocycles. The smallest absolute Gasteiger partial charge is 0.337 e. The van der Waals surface area contributed by atoms with E-state index in [2.05, 4.69) is 4.74 Å². The summed E-state index contributed by atoms with van der Waals surface area (Å²) in [6.07, 6.45) is 0.318. The van der Waals surface area contributed by atoms with Gasteiger partial charge in [-0.2, -0.15) is 0 Å². The zero-order valence-electron chi connectivity index (χ0n) is 8.65. The standard InChI is InChI=1S/C11H12O4/c1-3-10(12)15-9-6-4-8(5-7-9)11(13)14-2/h4-7H,3H2,1-2H3. The molecule has 0 aromatic heterocycles. The molecule has 0 aliphatic rings. The molecule has 0 spiro atoms. The van der Waals surface area contributed by atoms with Crippen LogP contribution in [0.3, 0.4) is 0 Å². The van der Waals surface area contributed by atoms with Crippen LogP contribution in [-0.4, -0.2) is 19.0 Å². The van der Waals surface area contributed by atoms with Crippen molar-refractivity contribution in [3.8, 4) is 5.75 Å². The summed E-state index contributed by atoms with van der Waals surface area (Å²) in [6, 6.07) is 6.20. The zero-order chi connectivity index (χ0) is 11.3. The third-order valence-corrected chi connectivity index (χ3v) is 1.80. The van der Waals surface area contributed by atoms with Gasteiger partial charge in [-0.25, -0.2) is 4.79 Å². The van der Waals surface area contributed by atoms with E-state index in [9.17, 15) is 9.59 Å². The van der Waals surface area contributed by atoms with Gasteiger partial charge in [0, 0.05) is 6.42 Å². The second kappa shape index (κ2) is 5.14. The summed E-state index contributed by atoms with van der Waals surface area (Å²) in [5.74, 6) is -0.293. The van der Waals surface area contributed by atoms with Crippen LogP contribution in [0.15, 0.2) is 24.3 Å². The molecule has 0 saturated carbocycles. The minimum absolute atomic E-state index is 0.305. The second-order valence-electron chi connectivity index (χ2n) is 2.84. The SMILES string of the molecule is CCC(=O)Oc1ccc(C(=O)OC)cc1. The largest absolute Gasteiger partial charge is 0.465 e. The van der Waals surface area contributed by atoms with Gasteiger partial charge in [-0.1, -0.05) is 6.92 Å². The van der Waals surface area contributed by atoms with Crippen molar-refractivity contribution in [2.24, 2.45) is 0 Å². The molecule has 1 aromatic carbocycles. The lowest BCUT2D eigenvalue weighted by atomic mass is 10.2. The van der Waals surface area contributed by atoms with Gasteiger partial charge in [-0.15, -0.1) is 0 Å². The van der Waals surface area contributed by atoms with Gasteiger partial charge in [0.05, 0.1) is 12.7 Å². The molecule has 80 valence electrons.